The van der Waals surface area contributed by atoms with E-state index in [1.54, 1.807) is 0 Å². The zero-order chi connectivity index (χ0) is 9.12. The summed E-state index contributed by atoms with van der Waals surface area (Å²) in [6.45, 7) is 0. The highest BCUT2D eigenvalue weighted by molar-refractivity contribution is 7.58. The summed E-state index contributed by atoms with van der Waals surface area (Å²) in [6, 6.07) is 0. The summed E-state index contributed by atoms with van der Waals surface area (Å²) in [5.41, 5.74) is 0. The van der Waals surface area contributed by atoms with Crippen LogP contribution >= 0.6 is 15.5 Å². The topological polar surface area (TPSA) is 130 Å². The second-order valence-electron chi connectivity index (χ2n) is 1.92. The number of nitrogens with one attached hydrogen (secondary N) is 1. The molecule has 0 heterocycles. The molecule has 68 valence electrons. The SMILES string of the molecule is O=P(O)(O)CNC[P+](O)(O)O. The average molecular weight is 206 g/mol. The highest BCUT2D eigenvalue weighted by Crippen LogP contribution is 2.43. The molecule has 0 aliphatic carbocycles. The molecule has 0 fully saturated rings. The summed E-state index contributed by atoms with van der Waals surface area (Å²) in [5.74, 6) is 0. The molecule has 6 N–H and O–H groups in total. The Kier molecular flexibility index (Phi) is 4.04. The van der Waals surface area contributed by atoms with Gasteiger partial charge in [-0.25, -0.2) is 0 Å². The van der Waals surface area contributed by atoms with Crippen LogP contribution in [0.25, 0.3) is 0 Å². The van der Waals surface area contributed by atoms with Crippen LogP contribution in [0.5, 0.6) is 0 Å². The van der Waals surface area contributed by atoms with Crippen molar-refractivity contribution in [2.45, 2.75) is 0 Å². The van der Waals surface area contributed by atoms with Crippen molar-refractivity contribution in [3.05, 3.63) is 0 Å². The third-order valence-corrected chi connectivity index (χ3v) is 1.93. The number of hydrogen-bond acceptors (Lipinski definition) is 5. The van der Waals surface area contributed by atoms with Crippen molar-refractivity contribution in [1.82, 2.24) is 5.32 Å². The largest absolute Gasteiger partial charge is 0.418 e. The maximum Gasteiger partial charge on any atom is 0.418 e. The van der Waals surface area contributed by atoms with E-state index < -0.39 is 28.1 Å². The molecule has 11 heavy (non-hydrogen) atoms. The summed E-state index contributed by atoms with van der Waals surface area (Å²) >= 11 is 0. The van der Waals surface area contributed by atoms with Gasteiger partial charge in [-0.1, -0.05) is 0 Å². The van der Waals surface area contributed by atoms with Crippen molar-refractivity contribution < 1.29 is 29.0 Å². The van der Waals surface area contributed by atoms with Gasteiger partial charge in [0.25, 0.3) is 0 Å². The van der Waals surface area contributed by atoms with Gasteiger partial charge in [0.2, 0.25) is 0 Å². The summed E-state index contributed by atoms with van der Waals surface area (Å²) in [5, 5.41) is 2.00. The number of hydrogen-bond donors (Lipinski definition) is 6. The van der Waals surface area contributed by atoms with E-state index in [0.717, 1.165) is 0 Å². The first kappa shape index (κ1) is 11.4. The Balaban J connectivity index is 3.52. The second kappa shape index (κ2) is 3.89. The van der Waals surface area contributed by atoms with E-state index in [1.807, 2.05) is 5.32 Å². The highest BCUT2D eigenvalue weighted by Gasteiger charge is 2.29. The van der Waals surface area contributed by atoms with E-state index in [1.165, 1.54) is 0 Å². The Morgan fingerprint density at radius 2 is 1.73 bits per heavy atom. The summed E-state index contributed by atoms with van der Waals surface area (Å²) in [6.07, 6.45) is -1.30. The van der Waals surface area contributed by atoms with E-state index >= 15 is 0 Å². The molecule has 0 radical (unpaired) electrons. The lowest BCUT2D eigenvalue weighted by molar-refractivity contribution is 0.325. The average Bonchev–Trinajstić information content (AvgIpc) is 1.55. The van der Waals surface area contributed by atoms with Crippen LogP contribution in [0.2, 0.25) is 0 Å². The fourth-order valence-electron chi connectivity index (χ4n) is 0.346. The molecule has 0 aromatic carbocycles. The Bertz CT molecular complexity index is 158. The lowest BCUT2D eigenvalue weighted by Gasteiger charge is -2.06. The van der Waals surface area contributed by atoms with Crippen molar-refractivity contribution in [2.24, 2.45) is 0 Å². The minimum atomic E-state index is -4.18. The highest BCUT2D eigenvalue weighted by atomic mass is 31.2. The standard InChI is InChI=1S/C2H9NO6P2/c4-10(5,6)1-3-2-11(7,8)9/h3-6H,1-2H2,(H-,7,8,9)/p+1. The molecule has 0 unspecified atom stereocenters. The maximum atomic E-state index is 10.1. The van der Waals surface area contributed by atoms with Crippen molar-refractivity contribution >= 4 is 15.5 Å². The molecule has 0 rings (SSSR count). The molecule has 0 spiro atoms. The van der Waals surface area contributed by atoms with Crippen LogP contribution in [0.4, 0.5) is 0 Å². The van der Waals surface area contributed by atoms with Gasteiger partial charge in [0, 0.05) is 0 Å². The minimum Gasteiger partial charge on any atom is -0.324 e. The first-order valence-electron chi connectivity index (χ1n) is 2.52. The first-order valence-corrected chi connectivity index (χ1v) is 6.15. The van der Waals surface area contributed by atoms with Crippen molar-refractivity contribution in [2.75, 3.05) is 12.6 Å². The monoisotopic (exact) mass is 206 g/mol. The Labute approximate surface area is 63.4 Å². The molecule has 0 amide bonds. The van der Waals surface area contributed by atoms with E-state index in [2.05, 4.69) is 0 Å². The van der Waals surface area contributed by atoms with E-state index in [9.17, 15) is 4.57 Å². The molecule has 0 atom stereocenters. The van der Waals surface area contributed by atoms with Crippen LogP contribution in [0.1, 0.15) is 0 Å². The van der Waals surface area contributed by atoms with Gasteiger partial charge in [-0.2, -0.15) is 14.7 Å². The zero-order valence-corrected chi connectivity index (χ0v) is 7.24. The van der Waals surface area contributed by atoms with Crippen LogP contribution in [0, 0.1) is 0 Å². The molecule has 7 nitrogen and oxygen atoms in total. The fourth-order valence-corrected chi connectivity index (χ4v) is 1.34. The van der Waals surface area contributed by atoms with Gasteiger partial charge >= 0.3 is 15.5 Å². The van der Waals surface area contributed by atoms with Gasteiger partial charge in [0.05, 0.1) is 0 Å². The molecule has 0 bridgehead atoms. The molecule has 0 aromatic heterocycles. The molecule has 0 saturated carbocycles. The Hall–Kier alpha value is 0.420. The van der Waals surface area contributed by atoms with Crippen LogP contribution in [-0.2, 0) is 4.57 Å². The van der Waals surface area contributed by atoms with E-state index in [0.29, 0.717) is 0 Å². The lowest BCUT2D eigenvalue weighted by atomic mass is 11.2. The minimum absolute atomic E-state index is 0.613. The quantitative estimate of drug-likeness (QED) is 0.305. The molecular weight excluding hydrogens is 196 g/mol. The van der Waals surface area contributed by atoms with Gasteiger partial charge < -0.3 is 9.79 Å². The van der Waals surface area contributed by atoms with E-state index in [4.69, 9.17) is 24.5 Å². The number of rotatable bonds is 4. The fraction of sp³-hybridized carbons (Fsp3) is 1.00. The normalized spacial score (nSPS) is 13.5. The summed E-state index contributed by atoms with van der Waals surface area (Å²) in [4.78, 5) is 41.4. The van der Waals surface area contributed by atoms with E-state index in [-0.39, 0.29) is 0 Å². The predicted molar refractivity (Wildman–Crippen MR) is 38.5 cm³/mol. The van der Waals surface area contributed by atoms with Crippen molar-refractivity contribution in [1.29, 1.82) is 0 Å². The van der Waals surface area contributed by atoms with Crippen LogP contribution < -0.4 is 5.32 Å². The van der Waals surface area contributed by atoms with Gasteiger partial charge in [0.1, 0.15) is 6.29 Å². The maximum absolute atomic E-state index is 10.1. The Morgan fingerprint density at radius 1 is 1.27 bits per heavy atom. The third kappa shape index (κ3) is 10.4. The molecule has 0 saturated heterocycles. The first-order chi connectivity index (χ1) is 4.71. The molecular formula is C2H10NO6P2+. The van der Waals surface area contributed by atoms with Crippen molar-refractivity contribution in [3.8, 4) is 0 Å². The van der Waals surface area contributed by atoms with Crippen LogP contribution in [-0.4, -0.2) is 37.0 Å². The van der Waals surface area contributed by atoms with Gasteiger partial charge in [0.15, 0.2) is 6.29 Å². The molecule has 0 aliphatic rings. The zero-order valence-electron chi connectivity index (χ0n) is 5.45. The second-order valence-corrected chi connectivity index (χ2v) is 5.27. The predicted octanol–water partition coefficient (Wildman–Crippen LogP) is -1.59. The van der Waals surface area contributed by atoms with Gasteiger partial charge in [-0.3, -0.25) is 9.88 Å². The summed E-state index contributed by atoms with van der Waals surface area (Å²) < 4.78 is 10.1. The van der Waals surface area contributed by atoms with Gasteiger partial charge in [-0.15, -0.1) is 0 Å². The van der Waals surface area contributed by atoms with Crippen molar-refractivity contribution in [3.63, 3.8) is 0 Å². The van der Waals surface area contributed by atoms with Crippen LogP contribution in [0.15, 0.2) is 0 Å². The lowest BCUT2D eigenvalue weighted by Crippen LogP contribution is -2.19. The van der Waals surface area contributed by atoms with Crippen LogP contribution in [0.3, 0.4) is 0 Å². The Morgan fingerprint density at radius 3 is 2.00 bits per heavy atom. The molecule has 9 heteroatoms. The molecule has 0 aliphatic heterocycles. The smallest absolute Gasteiger partial charge is 0.324 e. The third-order valence-electron chi connectivity index (χ3n) is 0.642. The summed E-state index contributed by atoms with van der Waals surface area (Å²) in [7, 11) is -8.13. The molecule has 0 aromatic rings. The van der Waals surface area contributed by atoms with Gasteiger partial charge in [-0.05, 0) is 0 Å².